The maximum Gasteiger partial charge on any atom is 0.326 e. The van der Waals surface area contributed by atoms with Crippen molar-refractivity contribution < 1.29 is 24.5 Å². The maximum absolute atomic E-state index is 12.1. The van der Waals surface area contributed by atoms with Crippen molar-refractivity contribution in [2.75, 3.05) is 0 Å². The SMILES string of the molecule is N=CN=C(N)S[C@H]1[C@H]2[C@H](C(=O)O)[C@H]2[C@](N)(C(=O)O)[C@@H]1OCc1ccc(Cl)c(Cl)c1. The molecule has 1 aromatic carbocycles. The number of carboxylic acids is 2. The largest absolute Gasteiger partial charge is 0.481 e. The van der Waals surface area contributed by atoms with Gasteiger partial charge < -0.3 is 26.4 Å². The summed E-state index contributed by atoms with van der Waals surface area (Å²) >= 11 is 12.9. The van der Waals surface area contributed by atoms with Crippen LogP contribution in [-0.4, -0.2) is 50.6 Å². The lowest BCUT2D eigenvalue weighted by molar-refractivity contribution is -0.152. The van der Waals surface area contributed by atoms with Gasteiger partial charge in [0.05, 0.1) is 28.7 Å². The van der Waals surface area contributed by atoms with Crippen molar-refractivity contribution >= 4 is 58.4 Å². The summed E-state index contributed by atoms with van der Waals surface area (Å²) in [6.45, 7) is -0.0103. The highest BCUT2D eigenvalue weighted by Gasteiger charge is 2.78. The molecule has 1 aromatic rings. The summed E-state index contributed by atoms with van der Waals surface area (Å²) in [7, 11) is 0. The lowest BCUT2D eigenvalue weighted by Crippen LogP contribution is -2.61. The van der Waals surface area contributed by atoms with Crippen molar-refractivity contribution in [2.45, 2.75) is 23.5 Å². The molecule has 3 rings (SSSR count). The van der Waals surface area contributed by atoms with Gasteiger partial charge in [0.15, 0.2) is 5.17 Å². The molecular formula is C17H18Cl2N4O5S. The number of fused-ring (bicyclic) bond motifs is 1. The Kier molecular flexibility index (Phi) is 6.11. The number of hydrogen-bond donors (Lipinski definition) is 5. The van der Waals surface area contributed by atoms with Gasteiger partial charge in [0, 0.05) is 11.2 Å². The van der Waals surface area contributed by atoms with Gasteiger partial charge in [0.2, 0.25) is 0 Å². The van der Waals surface area contributed by atoms with Crippen LogP contribution in [0.4, 0.5) is 0 Å². The Morgan fingerprint density at radius 2 is 2.03 bits per heavy atom. The Bertz CT molecular complexity index is 901. The van der Waals surface area contributed by atoms with Gasteiger partial charge in [-0.05, 0) is 23.6 Å². The molecule has 2 saturated carbocycles. The highest BCUT2D eigenvalue weighted by Crippen LogP contribution is 2.65. The Balaban J connectivity index is 1.90. The van der Waals surface area contributed by atoms with E-state index in [1.54, 1.807) is 18.2 Å². The molecule has 9 nitrogen and oxygen atoms in total. The molecular weight excluding hydrogens is 443 g/mol. The number of amidine groups is 1. The summed E-state index contributed by atoms with van der Waals surface area (Å²) in [4.78, 5) is 27.3. The molecule has 0 radical (unpaired) electrons. The van der Waals surface area contributed by atoms with Crippen LogP contribution in [0.15, 0.2) is 23.2 Å². The third kappa shape index (κ3) is 3.82. The molecule has 0 aliphatic heterocycles. The molecule has 29 heavy (non-hydrogen) atoms. The lowest BCUT2D eigenvalue weighted by atomic mass is 9.88. The minimum absolute atomic E-state index is 0.00225. The van der Waals surface area contributed by atoms with Gasteiger partial charge in [0.25, 0.3) is 0 Å². The first kappa shape index (κ1) is 21.8. The number of nitrogens with two attached hydrogens (primary N) is 2. The third-order valence-electron chi connectivity index (χ3n) is 5.29. The van der Waals surface area contributed by atoms with E-state index in [0.717, 1.165) is 18.1 Å². The van der Waals surface area contributed by atoms with E-state index in [0.29, 0.717) is 15.6 Å². The molecule has 2 fully saturated rings. The summed E-state index contributed by atoms with van der Waals surface area (Å²) < 4.78 is 5.89. The number of halogens is 2. The average molecular weight is 461 g/mol. The molecule has 0 saturated heterocycles. The van der Waals surface area contributed by atoms with Crippen LogP contribution in [0.1, 0.15) is 5.56 Å². The minimum atomic E-state index is -1.91. The van der Waals surface area contributed by atoms with E-state index in [2.05, 4.69) is 4.99 Å². The molecule has 7 N–H and O–H groups in total. The van der Waals surface area contributed by atoms with Crippen molar-refractivity contribution in [1.29, 1.82) is 5.41 Å². The quantitative estimate of drug-likeness (QED) is 0.301. The normalized spacial score (nSPS) is 33.2. The fourth-order valence-electron chi connectivity index (χ4n) is 4.03. The fraction of sp³-hybridized carbons (Fsp3) is 0.412. The first-order chi connectivity index (χ1) is 13.6. The van der Waals surface area contributed by atoms with Crippen LogP contribution in [0.2, 0.25) is 10.0 Å². The van der Waals surface area contributed by atoms with Crippen LogP contribution in [0.3, 0.4) is 0 Å². The Morgan fingerprint density at radius 1 is 1.34 bits per heavy atom. The molecule has 12 heteroatoms. The molecule has 0 amide bonds. The maximum atomic E-state index is 12.1. The summed E-state index contributed by atoms with van der Waals surface area (Å²) in [5.74, 6) is -4.72. The van der Waals surface area contributed by atoms with Gasteiger partial charge in [-0.1, -0.05) is 41.0 Å². The first-order valence-electron chi connectivity index (χ1n) is 8.42. The van der Waals surface area contributed by atoms with E-state index in [1.165, 1.54) is 0 Å². The van der Waals surface area contributed by atoms with Crippen molar-refractivity contribution in [3.05, 3.63) is 33.8 Å². The van der Waals surface area contributed by atoms with Crippen LogP contribution in [0, 0.1) is 23.2 Å². The first-order valence-corrected chi connectivity index (χ1v) is 10.1. The van der Waals surface area contributed by atoms with Crippen LogP contribution in [-0.2, 0) is 20.9 Å². The molecule has 0 aromatic heterocycles. The summed E-state index contributed by atoms with van der Waals surface area (Å²) in [6.07, 6.45) is -0.293. The van der Waals surface area contributed by atoms with E-state index in [-0.39, 0.29) is 11.8 Å². The second kappa shape index (κ2) is 8.11. The van der Waals surface area contributed by atoms with Crippen molar-refractivity contribution in [3.8, 4) is 0 Å². The van der Waals surface area contributed by atoms with Crippen molar-refractivity contribution in [1.82, 2.24) is 0 Å². The van der Waals surface area contributed by atoms with Crippen LogP contribution in [0.5, 0.6) is 0 Å². The number of thioether (sulfide) groups is 1. The van der Waals surface area contributed by atoms with Gasteiger partial charge in [-0.15, -0.1) is 0 Å². The smallest absolute Gasteiger partial charge is 0.326 e. The number of hydrogen-bond acceptors (Lipinski definition) is 6. The number of benzene rings is 1. The van der Waals surface area contributed by atoms with Crippen LogP contribution >= 0.6 is 35.0 Å². The van der Waals surface area contributed by atoms with Crippen LogP contribution < -0.4 is 11.5 Å². The highest BCUT2D eigenvalue weighted by atomic mass is 35.5. The second-order valence-electron chi connectivity index (χ2n) is 6.86. The third-order valence-corrected chi connectivity index (χ3v) is 7.21. The fourth-order valence-corrected chi connectivity index (χ4v) is 5.66. The van der Waals surface area contributed by atoms with Gasteiger partial charge in [-0.25, -0.2) is 4.99 Å². The monoisotopic (exact) mass is 460 g/mol. The zero-order valence-corrected chi connectivity index (χ0v) is 17.1. The van der Waals surface area contributed by atoms with Crippen molar-refractivity contribution in [3.63, 3.8) is 0 Å². The minimum Gasteiger partial charge on any atom is -0.481 e. The predicted octanol–water partition coefficient (Wildman–Crippen LogP) is 1.64. The van der Waals surface area contributed by atoms with Gasteiger partial charge in [-0.2, -0.15) is 0 Å². The molecule has 0 unspecified atom stereocenters. The topological polar surface area (TPSA) is 172 Å². The highest BCUT2D eigenvalue weighted by molar-refractivity contribution is 8.14. The zero-order valence-electron chi connectivity index (χ0n) is 14.8. The molecule has 2 aliphatic rings. The van der Waals surface area contributed by atoms with E-state index in [9.17, 15) is 19.8 Å². The van der Waals surface area contributed by atoms with Crippen molar-refractivity contribution in [2.24, 2.45) is 34.2 Å². The number of carbonyl (C=O) groups is 2. The lowest BCUT2D eigenvalue weighted by Gasteiger charge is -2.34. The summed E-state index contributed by atoms with van der Waals surface area (Å²) in [5.41, 5.74) is 10.8. The molecule has 0 bridgehead atoms. The van der Waals surface area contributed by atoms with Gasteiger partial charge in [-0.3, -0.25) is 15.0 Å². The summed E-state index contributed by atoms with van der Waals surface area (Å²) in [5, 5.41) is 26.3. The van der Waals surface area contributed by atoms with E-state index in [1.807, 2.05) is 0 Å². The van der Waals surface area contributed by atoms with Gasteiger partial charge in [0.1, 0.15) is 11.9 Å². The Morgan fingerprint density at radius 3 is 2.59 bits per heavy atom. The molecule has 156 valence electrons. The van der Waals surface area contributed by atoms with E-state index >= 15 is 0 Å². The predicted molar refractivity (Wildman–Crippen MR) is 109 cm³/mol. The zero-order chi connectivity index (χ0) is 21.5. The number of ether oxygens (including phenoxy) is 1. The number of nitrogens with zero attached hydrogens (tertiary/aromatic N) is 1. The number of carboxylic acid groups (broad SMARTS) is 2. The molecule has 6 atom stereocenters. The number of aliphatic carboxylic acids is 2. The molecule has 2 aliphatic carbocycles. The van der Waals surface area contributed by atoms with Crippen LogP contribution in [0.25, 0.3) is 0 Å². The second-order valence-corrected chi connectivity index (χ2v) is 8.88. The number of aliphatic imine (C=N–C) groups is 1. The average Bonchev–Trinajstić information content (AvgIpc) is 3.34. The molecule has 0 spiro atoms. The Hall–Kier alpha value is -1.85. The van der Waals surface area contributed by atoms with E-state index < -0.39 is 46.6 Å². The standard InChI is InChI=1S/C17H18Cl2N4O5S/c18-7-2-1-6(3-8(7)19)4-28-13-12(29-16(21)23-5-20)9-10(14(24)25)11(9)17(13,22)15(26)27/h1-3,5,9-13H,4,22H2,(H,24,25)(H,26,27)(H3,20,21,23)/t9-,10-,11-,12-,13+,17+/m0/s1. The van der Waals surface area contributed by atoms with E-state index in [4.69, 9.17) is 44.8 Å². The Labute approximate surface area is 179 Å². The molecule has 0 heterocycles. The number of rotatable bonds is 7. The number of nitrogens with one attached hydrogen (secondary N) is 1. The summed E-state index contributed by atoms with van der Waals surface area (Å²) in [6, 6.07) is 4.85. The van der Waals surface area contributed by atoms with Gasteiger partial charge >= 0.3 is 11.9 Å².